The van der Waals surface area contributed by atoms with Crippen LogP contribution in [0.5, 0.6) is 0 Å². The Labute approximate surface area is 116 Å². The van der Waals surface area contributed by atoms with Crippen LogP contribution in [0.1, 0.15) is 18.4 Å². The highest BCUT2D eigenvalue weighted by Gasteiger charge is 2.33. The van der Waals surface area contributed by atoms with Crippen molar-refractivity contribution in [3.8, 4) is 0 Å². The van der Waals surface area contributed by atoms with Crippen LogP contribution in [0, 0.1) is 0 Å². The van der Waals surface area contributed by atoms with E-state index in [0.717, 1.165) is 16.9 Å². The van der Waals surface area contributed by atoms with Gasteiger partial charge in [-0.05, 0) is 30.7 Å². The molecule has 0 aliphatic carbocycles. The molecule has 102 valence electrons. The Kier molecular flexibility index (Phi) is 4.47. The highest BCUT2D eigenvalue weighted by Crippen LogP contribution is 2.23. The molecule has 1 fully saturated rings. The largest absolute Gasteiger partial charge is 0.480 e. The maximum atomic E-state index is 12.3. The van der Waals surface area contributed by atoms with Gasteiger partial charge in [0.05, 0.1) is 6.42 Å². The highest BCUT2D eigenvalue weighted by molar-refractivity contribution is 7.98. The van der Waals surface area contributed by atoms with E-state index in [4.69, 9.17) is 5.11 Å². The van der Waals surface area contributed by atoms with Crippen molar-refractivity contribution < 1.29 is 14.7 Å². The van der Waals surface area contributed by atoms with Gasteiger partial charge in [-0.1, -0.05) is 18.2 Å². The fourth-order valence-corrected chi connectivity index (χ4v) is 3.05. The van der Waals surface area contributed by atoms with Gasteiger partial charge in [-0.3, -0.25) is 4.79 Å². The zero-order valence-electron chi connectivity index (χ0n) is 10.8. The summed E-state index contributed by atoms with van der Waals surface area (Å²) in [5.41, 5.74) is 0.969. The Morgan fingerprint density at radius 3 is 2.84 bits per heavy atom. The molecule has 1 aromatic rings. The van der Waals surface area contributed by atoms with E-state index in [2.05, 4.69) is 0 Å². The molecule has 4 nitrogen and oxygen atoms in total. The topological polar surface area (TPSA) is 57.6 Å². The Morgan fingerprint density at radius 1 is 1.42 bits per heavy atom. The van der Waals surface area contributed by atoms with Gasteiger partial charge in [-0.2, -0.15) is 0 Å². The van der Waals surface area contributed by atoms with Gasteiger partial charge in [0.2, 0.25) is 5.91 Å². The lowest BCUT2D eigenvalue weighted by Gasteiger charge is -2.21. The van der Waals surface area contributed by atoms with E-state index >= 15 is 0 Å². The molecule has 0 bridgehead atoms. The molecular formula is C14H17NO3S. The molecule has 1 heterocycles. The summed E-state index contributed by atoms with van der Waals surface area (Å²) >= 11 is 1.60. The van der Waals surface area contributed by atoms with Crippen molar-refractivity contribution >= 4 is 23.6 Å². The molecule has 1 unspecified atom stereocenters. The average molecular weight is 279 g/mol. The minimum Gasteiger partial charge on any atom is -0.480 e. The van der Waals surface area contributed by atoms with Crippen LogP contribution >= 0.6 is 11.8 Å². The van der Waals surface area contributed by atoms with E-state index in [-0.39, 0.29) is 12.3 Å². The molecule has 0 saturated carbocycles. The highest BCUT2D eigenvalue weighted by atomic mass is 32.2. The minimum absolute atomic E-state index is 0.0913. The maximum absolute atomic E-state index is 12.3. The lowest BCUT2D eigenvalue weighted by molar-refractivity contribution is -0.148. The molecule has 1 aliphatic rings. The van der Waals surface area contributed by atoms with Crippen LogP contribution in [-0.2, 0) is 16.0 Å². The van der Waals surface area contributed by atoms with Crippen LogP contribution in [0.25, 0.3) is 0 Å². The fourth-order valence-electron chi connectivity index (χ4n) is 2.44. The van der Waals surface area contributed by atoms with Crippen LogP contribution in [0.2, 0.25) is 0 Å². The predicted molar refractivity (Wildman–Crippen MR) is 74.3 cm³/mol. The second kappa shape index (κ2) is 6.10. The first-order chi connectivity index (χ1) is 9.13. The number of carbonyl (C=O) groups excluding carboxylic acids is 1. The third-order valence-corrected chi connectivity index (χ3v) is 4.23. The van der Waals surface area contributed by atoms with Crippen molar-refractivity contribution in [2.24, 2.45) is 0 Å². The van der Waals surface area contributed by atoms with E-state index in [1.165, 1.54) is 4.90 Å². The van der Waals surface area contributed by atoms with E-state index < -0.39 is 12.0 Å². The number of benzene rings is 1. The molecule has 19 heavy (non-hydrogen) atoms. The zero-order valence-corrected chi connectivity index (χ0v) is 11.7. The van der Waals surface area contributed by atoms with Gasteiger partial charge < -0.3 is 10.0 Å². The first-order valence-corrected chi connectivity index (χ1v) is 7.50. The number of nitrogens with zero attached hydrogens (tertiary/aromatic N) is 1. The van der Waals surface area contributed by atoms with Crippen LogP contribution in [0.15, 0.2) is 29.2 Å². The SMILES string of the molecule is CSc1ccccc1CC(=O)N1CCCC1C(=O)O. The van der Waals surface area contributed by atoms with Crippen molar-refractivity contribution in [1.29, 1.82) is 0 Å². The molecule has 1 amide bonds. The summed E-state index contributed by atoms with van der Waals surface area (Å²) < 4.78 is 0. The third kappa shape index (κ3) is 3.10. The molecule has 1 aliphatic heterocycles. The van der Waals surface area contributed by atoms with E-state index in [1.54, 1.807) is 11.8 Å². The number of hydrogen-bond donors (Lipinski definition) is 1. The second-order valence-corrected chi connectivity index (χ2v) is 5.42. The molecule has 1 aromatic carbocycles. The van der Waals surface area contributed by atoms with Crippen molar-refractivity contribution in [3.63, 3.8) is 0 Å². The number of carbonyl (C=O) groups is 2. The Bertz CT molecular complexity index is 489. The summed E-state index contributed by atoms with van der Waals surface area (Å²) in [6, 6.07) is 7.10. The molecule has 5 heteroatoms. The lowest BCUT2D eigenvalue weighted by Crippen LogP contribution is -2.41. The number of thioether (sulfide) groups is 1. The number of amides is 1. The third-order valence-electron chi connectivity index (χ3n) is 3.39. The molecule has 0 aromatic heterocycles. The van der Waals surface area contributed by atoms with Crippen LogP contribution in [-0.4, -0.2) is 40.7 Å². The van der Waals surface area contributed by atoms with Crippen LogP contribution < -0.4 is 0 Å². The van der Waals surface area contributed by atoms with Crippen molar-refractivity contribution in [3.05, 3.63) is 29.8 Å². The molecule has 1 saturated heterocycles. The molecule has 1 N–H and O–H groups in total. The van der Waals surface area contributed by atoms with Gasteiger partial charge in [-0.25, -0.2) is 4.79 Å². The quantitative estimate of drug-likeness (QED) is 0.857. The summed E-state index contributed by atoms with van der Waals surface area (Å²) in [4.78, 5) is 25.9. The van der Waals surface area contributed by atoms with E-state index in [0.29, 0.717) is 13.0 Å². The van der Waals surface area contributed by atoms with Gasteiger partial charge in [0, 0.05) is 11.4 Å². The summed E-state index contributed by atoms with van der Waals surface area (Å²) in [6.07, 6.45) is 3.58. The summed E-state index contributed by atoms with van der Waals surface area (Å²) in [5, 5.41) is 9.10. The Hall–Kier alpha value is -1.49. The van der Waals surface area contributed by atoms with Crippen molar-refractivity contribution in [2.45, 2.75) is 30.2 Å². The van der Waals surface area contributed by atoms with Crippen molar-refractivity contribution in [2.75, 3.05) is 12.8 Å². The van der Waals surface area contributed by atoms with Gasteiger partial charge in [0.15, 0.2) is 0 Å². The van der Waals surface area contributed by atoms with Gasteiger partial charge in [-0.15, -0.1) is 11.8 Å². The Morgan fingerprint density at radius 2 is 2.16 bits per heavy atom. The average Bonchev–Trinajstić information content (AvgIpc) is 2.88. The summed E-state index contributed by atoms with van der Waals surface area (Å²) in [5.74, 6) is -0.990. The monoisotopic (exact) mass is 279 g/mol. The Balaban J connectivity index is 2.10. The van der Waals surface area contributed by atoms with E-state index in [1.807, 2.05) is 30.5 Å². The smallest absolute Gasteiger partial charge is 0.326 e. The minimum atomic E-state index is -0.899. The fraction of sp³-hybridized carbons (Fsp3) is 0.429. The zero-order chi connectivity index (χ0) is 13.8. The van der Waals surface area contributed by atoms with Crippen LogP contribution in [0.4, 0.5) is 0 Å². The second-order valence-electron chi connectivity index (χ2n) is 4.57. The standard InChI is InChI=1S/C14H17NO3S/c1-19-12-7-3-2-5-10(12)9-13(16)15-8-4-6-11(15)14(17)18/h2-3,5,7,11H,4,6,8-9H2,1H3,(H,17,18). The molecule has 0 spiro atoms. The number of carboxylic acid groups (broad SMARTS) is 1. The van der Waals surface area contributed by atoms with E-state index in [9.17, 15) is 9.59 Å². The number of aliphatic carboxylic acids is 1. The number of rotatable bonds is 4. The van der Waals surface area contributed by atoms with Gasteiger partial charge in [0.1, 0.15) is 6.04 Å². The lowest BCUT2D eigenvalue weighted by atomic mass is 10.1. The number of likely N-dealkylation sites (tertiary alicyclic amines) is 1. The molecule has 2 rings (SSSR count). The van der Waals surface area contributed by atoms with Gasteiger partial charge in [0.25, 0.3) is 0 Å². The maximum Gasteiger partial charge on any atom is 0.326 e. The van der Waals surface area contributed by atoms with Crippen LogP contribution in [0.3, 0.4) is 0 Å². The first-order valence-electron chi connectivity index (χ1n) is 6.27. The number of carboxylic acids is 1. The van der Waals surface area contributed by atoms with Gasteiger partial charge >= 0.3 is 5.97 Å². The number of hydrogen-bond acceptors (Lipinski definition) is 3. The summed E-state index contributed by atoms with van der Waals surface area (Å²) in [6.45, 7) is 0.553. The molecule has 0 radical (unpaired) electrons. The predicted octanol–water partition coefficient (Wildman–Crippen LogP) is 2.03. The normalized spacial score (nSPS) is 18.6. The van der Waals surface area contributed by atoms with Crippen molar-refractivity contribution in [1.82, 2.24) is 4.90 Å². The first kappa shape index (κ1) is 13.9. The molecule has 1 atom stereocenters. The summed E-state index contributed by atoms with van der Waals surface area (Å²) in [7, 11) is 0. The molecular weight excluding hydrogens is 262 g/mol.